The first kappa shape index (κ1) is 14.6. The second-order valence-corrected chi connectivity index (χ2v) is 6.64. The quantitative estimate of drug-likeness (QED) is 0.804. The number of nitrogens with zero attached hydrogens (tertiary/aromatic N) is 4. The second kappa shape index (κ2) is 5.49. The minimum Gasteiger partial charge on any atom is -0.298 e. The van der Waals surface area contributed by atoms with E-state index in [2.05, 4.69) is 20.4 Å². The molecule has 0 spiro atoms. The molecule has 22 heavy (non-hydrogen) atoms. The number of carbonyl (C=O) groups is 1. The molecule has 3 aromatic heterocycles. The topological polar surface area (TPSA) is 72.7 Å². The molecule has 0 atom stereocenters. The molecule has 0 aliphatic carbocycles. The SMILES string of the molecule is Cc1nc(NC(=O)c2cnc3c(cnn3C(C)C)c2)sc1C. The minimum atomic E-state index is -0.208. The Hall–Kier alpha value is -2.28. The van der Waals surface area contributed by atoms with Crippen molar-refractivity contribution in [1.29, 1.82) is 0 Å². The maximum Gasteiger partial charge on any atom is 0.259 e. The summed E-state index contributed by atoms with van der Waals surface area (Å²) < 4.78 is 1.84. The van der Waals surface area contributed by atoms with Gasteiger partial charge in [0.25, 0.3) is 5.91 Å². The number of fused-ring (bicyclic) bond motifs is 1. The summed E-state index contributed by atoms with van der Waals surface area (Å²) in [6, 6.07) is 2.03. The molecule has 0 fully saturated rings. The van der Waals surface area contributed by atoms with E-state index >= 15 is 0 Å². The molecule has 0 radical (unpaired) electrons. The largest absolute Gasteiger partial charge is 0.298 e. The molecular weight excluding hydrogens is 298 g/mol. The van der Waals surface area contributed by atoms with Gasteiger partial charge in [0.2, 0.25) is 0 Å². The number of aromatic nitrogens is 4. The third-order valence-corrected chi connectivity index (χ3v) is 4.42. The van der Waals surface area contributed by atoms with E-state index in [4.69, 9.17) is 0 Å². The molecule has 3 rings (SSSR count). The van der Waals surface area contributed by atoms with Crippen LogP contribution in [0, 0.1) is 13.8 Å². The van der Waals surface area contributed by atoms with E-state index in [9.17, 15) is 4.79 Å². The van der Waals surface area contributed by atoms with Crippen LogP contribution in [0.5, 0.6) is 0 Å². The Morgan fingerprint density at radius 3 is 2.73 bits per heavy atom. The van der Waals surface area contributed by atoms with Gasteiger partial charge >= 0.3 is 0 Å². The summed E-state index contributed by atoms with van der Waals surface area (Å²) in [5.74, 6) is -0.208. The fourth-order valence-corrected chi connectivity index (χ4v) is 2.95. The van der Waals surface area contributed by atoms with Crippen LogP contribution in [-0.4, -0.2) is 25.7 Å². The zero-order valence-corrected chi connectivity index (χ0v) is 13.7. The first-order chi connectivity index (χ1) is 10.5. The first-order valence-corrected chi connectivity index (χ1v) is 7.86. The molecule has 3 heterocycles. The standard InChI is InChI=1S/C15H17N5OS/c1-8(2)20-13-11(7-17-20)5-12(6-16-13)14(21)19-15-18-9(3)10(4)22-15/h5-8H,1-4H3,(H,18,19,21). The van der Waals surface area contributed by atoms with Crippen LogP contribution in [0.2, 0.25) is 0 Å². The van der Waals surface area contributed by atoms with Crippen LogP contribution in [0.3, 0.4) is 0 Å². The number of thiazole rings is 1. The summed E-state index contributed by atoms with van der Waals surface area (Å²) in [6.45, 7) is 8.00. The lowest BCUT2D eigenvalue weighted by molar-refractivity contribution is 0.102. The van der Waals surface area contributed by atoms with Gasteiger partial charge < -0.3 is 0 Å². The van der Waals surface area contributed by atoms with Gasteiger partial charge in [-0.1, -0.05) is 0 Å². The lowest BCUT2D eigenvalue weighted by Gasteiger charge is -2.06. The average Bonchev–Trinajstić information content (AvgIpc) is 3.02. The number of amides is 1. The first-order valence-electron chi connectivity index (χ1n) is 7.04. The fraction of sp³-hybridized carbons (Fsp3) is 0.333. The van der Waals surface area contributed by atoms with E-state index in [0.29, 0.717) is 10.7 Å². The van der Waals surface area contributed by atoms with Gasteiger partial charge in [-0.15, -0.1) is 11.3 Å². The summed E-state index contributed by atoms with van der Waals surface area (Å²) in [5.41, 5.74) is 2.22. The molecule has 0 aliphatic rings. The highest BCUT2D eigenvalue weighted by molar-refractivity contribution is 7.15. The predicted molar refractivity (Wildman–Crippen MR) is 87.5 cm³/mol. The Balaban J connectivity index is 1.88. The van der Waals surface area contributed by atoms with Crippen molar-refractivity contribution in [3.63, 3.8) is 0 Å². The molecule has 1 amide bonds. The van der Waals surface area contributed by atoms with Crippen LogP contribution in [0.25, 0.3) is 11.0 Å². The maximum absolute atomic E-state index is 12.3. The second-order valence-electron chi connectivity index (χ2n) is 5.43. The van der Waals surface area contributed by atoms with Crippen molar-refractivity contribution in [1.82, 2.24) is 19.7 Å². The fourth-order valence-electron chi connectivity index (χ4n) is 2.14. The van der Waals surface area contributed by atoms with Gasteiger partial charge in [0.05, 0.1) is 17.5 Å². The number of hydrogen-bond donors (Lipinski definition) is 1. The van der Waals surface area contributed by atoms with E-state index in [1.54, 1.807) is 18.5 Å². The van der Waals surface area contributed by atoms with Crippen molar-refractivity contribution in [3.05, 3.63) is 34.6 Å². The average molecular weight is 315 g/mol. The van der Waals surface area contributed by atoms with Crippen LogP contribution in [-0.2, 0) is 0 Å². The summed E-state index contributed by atoms with van der Waals surface area (Å²) >= 11 is 1.47. The van der Waals surface area contributed by atoms with Crippen LogP contribution in [0.4, 0.5) is 5.13 Å². The Morgan fingerprint density at radius 1 is 1.32 bits per heavy atom. The molecular formula is C15H17N5OS. The number of rotatable bonds is 3. The number of aryl methyl sites for hydroxylation is 2. The van der Waals surface area contributed by atoms with E-state index in [1.807, 2.05) is 32.4 Å². The molecule has 0 unspecified atom stereocenters. The molecule has 0 aliphatic heterocycles. The van der Waals surface area contributed by atoms with Crippen molar-refractivity contribution in [2.75, 3.05) is 5.32 Å². The third kappa shape index (κ3) is 2.59. The number of hydrogen-bond acceptors (Lipinski definition) is 5. The number of carbonyl (C=O) groups excluding carboxylic acids is 1. The molecule has 0 bridgehead atoms. The predicted octanol–water partition coefficient (Wildman–Crippen LogP) is 3.34. The molecule has 0 aromatic carbocycles. The highest BCUT2D eigenvalue weighted by atomic mass is 32.1. The molecule has 0 saturated carbocycles. The Morgan fingerprint density at radius 2 is 2.09 bits per heavy atom. The van der Waals surface area contributed by atoms with Crippen molar-refractivity contribution >= 4 is 33.4 Å². The minimum absolute atomic E-state index is 0.208. The van der Waals surface area contributed by atoms with Crippen LogP contribution < -0.4 is 5.32 Å². The van der Waals surface area contributed by atoms with Gasteiger partial charge in [0, 0.05) is 22.5 Å². The van der Waals surface area contributed by atoms with Crippen molar-refractivity contribution in [3.8, 4) is 0 Å². The number of pyridine rings is 1. The normalized spacial score (nSPS) is 11.3. The number of anilines is 1. The van der Waals surface area contributed by atoms with E-state index in [0.717, 1.165) is 21.6 Å². The lowest BCUT2D eigenvalue weighted by Crippen LogP contribution is -2.12. The summed E-state index contributed by atoms with van der Waals surface area (Å²) in [7, 11) is 0. The Kier molecular flexibility index (Phi) is 3.66. The smallest absolute Gasteiger partial charge is 0.259 e. The molecule has 3 aromatic rings. The molecule has 1 N–H and O–H groups in total. The highest BCUT2D eigenvalue weighted by Gasteiger charge is 2.13. The maximum atomic E-state index is 12.3. The Bertz CT molecular complexity index is 829. The van der Waals surface area contributed by atoms with Gasteiger partial charge in [0.1, 0.15) is 0 Å². The Labute approximate surface area is 132 Å². The van der Waals surface area contributed by atoms with Gasteiger partial charge in [0.15, 0.2) is 10.8 Å². The number of nitrogens with one attached hydrogen (secondary N) is 1. The highest BCUT2D eigenvalue weighted by Crippen LogP contribution is 2.22. The van der Waals surface area contributed by atoms with Gasteiger partial charge in [-0.05, 0) is 33.8 Å². The third-order valence-electron chi connectivity index (χ3n) is 3.43. The molecule has 6 nitrogen and oxygen atoms in total. The van der Waals surface area contributed by atoms with Gasteiger partial charge in [-0.25, -0.2) is 14.6 Å². The van der Waals surface area contributed by atoms with Crippen LogP contribution in [0.1, 0.15) is 40.8 Å². The summed E-state index contributed by atoms with van der Waals surface area (Å²) in [5, 5.41) is 8.59. The lowest BCUT2D eigenvalue weighted by atomic mass is 10.2. The van der Waals surface area contributed by atoms with E-state index in [1.165, 1.54) is 11.3 Å². The van der Waals surface area contributed by atoms with Gasteiger partial charge in [-0.3, -0.25) is 10.1 Å². The zero-order chi connectivity index (χ0) is 15.9. The van der Waals surface area contributed by atoms with Crippen molar-refractivity contribution < 1.29 is 4.79 Å². The van der Waals surface area contributed by atoms with E-state index < -0.39 is 0 Å². The van der Waals surface area contributed by atoms with E-state index in [-0.39, 0.29) is 11.9 Å². The molecule has 114 valence electrons. The molecule has 0 saturated heterocycles. The van der Waals surface area contributed by atoms with Crippen LogP contribution in [0.15, 0.2) is 18.5 Å². The van der Waals surface area contributed by atoms with Crippen LogP contribution >= 0.6 is 11.3 Å². The summed E-state index contributed by atoms with van der Waals surface area (Å²) in [6.07, 6.45) is 3.31. The monoisotopic (exact) mass is 315 g/mol. The van der Waals surface area contributed by atoms with Gasteiger partial charge in [-0.2, -0.15) is 5.10 Å². The van der Waals surface area contributed by atoms with Crippen molar-refractivity contribution in [2.45, 2.75) is 33.7 Å². The zero-order valence-electron chi connectivity index (χ0n) is 12.9. The molecule has 7 heteroatoms. The summed E-state index contributed by atoms with van der Waals surface area (Å²) in [4.78, 5) is 22.1. The van der Waals surface area contributed by atoms with Crippen molar-refractivity contribution in [2.24, 2.45) is 0 Å².